The second-order valence-corrected chi connectivity index (χ2v) is 7.14. The van der Waals surface area contributed by atoms with E-state index in [1.807, 2.05) is 26.0 Å². The van der Waals surface area contributed by atoms with Crippen molar-refractivity contribution in [3.8, 4) is 0 Å². The Kier molecular flexibility index (Phi) is 4.14. The third-order valence-corrected chi connectivity index (χ3v) is 5.78. The first-order valence-electron chi connectivity index (χ1n) is 7.68. The van der Waals surface area contributed by atoms with Gasteiger partial charge in [0.15, 0.2) is 0 Å². The Labute approximate surface area is 127 Å². The quantitative estimate of drug-likeness (QED) is 0.574. The van der Waals surface area contributed by atoms with E-state index < -0.39 is 10.8 Å². The molecule has 0 unspecified atom stereocenters. The van der Waals surface area contributed by atoms with Crippen molar-refractivity contribution in [1.82, 2.24) is 0 Å². The molecule has 2 fully saturated rings. The summed E-state index contributed by atoms with van der Waals surface area (Å²) in [6.45, 7) is 11.6. The predicted molar refractivity (Wildman–Crippen MR) is 82.6 cm³/mol. The molecule has 0 N–H and O–H groups in total. The Hall–Kier alpha value is -1.38. The smallest absolute Gasteiger partial charge is 0.311 e. The van der Waals surface area contributed by atoms with E-state index in [4.69, 9.17) is 4.74 Å². The van der Waals surface area contributed by atoms with Crippen LogP contribution < -0.4 is 0 Å². The molecule has 2 rings (SSSR count). The molecule has 0 spiro atoms. The van der Waals surface area contributed by atoms with E-state index in [1.54, 1.807) is 0 Å². The Bertz CT molecular complexity index is 481. The number of hydrogen-bond acceptors (Lipinski definition) is 3. The Morgan fingerprint density at radius 1 is 1.33 bits per heavy atom. The molecule has 0 bridgehead atoms. The summed E-state index contributed by atoms with van der Waals surface area (Å²) < 4.78 is 4.99. The first-order valence-corrected chi connectivity index (χ1v) is 7.68. The molecule has 0 amide bonds. The molecule has 3 nitrogen and oxygen atoms in total. The number of methoxy groups -OCH3 is 1. The molecular formula is C18H26O3. The van der Waals surface area contributed by atoms with Crippen LogP contribution in [0.1, 0.15) is 39.5 Å². The van der Waals surface area contributed by atoms with Crippen LogP contribution in [0.2, 0.25) is 0 Å². The first kappa shape index (κ1) is 16.0. The van der Waals surface area contributed by atoms with Gasteiger partial charge in [-0.15, -0.1) is 13.2 Å². The minimum Gasteiger partial charge on any atom is -0.469 e. The maximum absolute atomic E-state index is 12.9. The van der Waals surface area contributed by atoms with Gasteiger partial charge < -0.3 is 4.74 Å². The predicted octanol–water partition coefficient (Wildman–Crippen LogP) is 3.55. The van der Waals surface area contributed by atoms with E-state index in [-0.39, 0.29) is 23.7 Å². The van der Waals surface area contributed by atoms with Gasteiger partial charge in [-0.1, -0.05) is 19.1 Å². The maximum atomic E-state index is 12.9. The van der Waals surface area contributed by atoms with Crippen molar-refractivity contribution < 1.29 is 14.3 Å². The van der Waals surface area contributed by atoms with Gasteiger partial charge in [-0.2, -0.15) is 0 Å². The van der Waals surface area contributed by atoms with E-state index in [9.17, 15) is 9.59 Å². The average Bonchev–Trinajstić information content (AvgIpc) is 2.89. The largest absolute Gasteiger partial charge is 0.469 e. The lowest BCUT2D eigenvalue weighted by atomic mass is 9.72. The SMILES string of the molecule is C=CC[C@H]1C(=O)[C@@](C)(CC=C)[C@@H]2C[C@@](C)(C(=O)OC)C[C@@H]21. The normalized spacial score (nSPS) is 41.7. The van der Waals surface area contributed by atoms with Crippen LogP contribution in [0, 0.1) is 28.6 Å². The second kappa shape index (κ2) is 5.43. The number of carbonyl (C=O) groups excluding carboxylic acids is 2. The first-order chi connectivity index (χ1) is 9.84. The molecular weight excluding hydrogens is 264 g/mol. The Balaban J connectivity index is 2.37. The van der Waals surface area contributed by atoms with Gasteiger partial charge in [0.1, 0.15) is 5.78 Å². The summed E-state index contributed by atoms with van der Waals surface area (Å²) in [5.41, 5.74) is -0.863. The molecule has 3 heteroatoms. The molecule has 21 heavy (non-hydrogen) atoms. The minimum absolute atomic E-state index is 0.0102. The molecule has 0 radical (unpaired) electrons. The number of fused-ring (bicyclic) bond motifs is 1. The fourth-order valence-corrected chi connectivity index (χ4v) is 4.73. The summed E-state index contributed by atoms with van der Waals surface area (Å²) in [6.07, 6.45) is 6.50. The van der Waals surface area contributed by atoms with Crippen molar-refractivity contribution in [3.05, 3.63) is 25.3 Å². The number of ether oxygens (including phenoxy) is 1. The van der Waals surface area contributed by atoms with Crippen molar-refractivity contribution in [2.24, 2.45) is 28.6 Å². The molecule has 0 saturated heterocycles. The summed E-state index contributed by atoms with van der Waals surface area (Å²) in [4.78, 5) is 25.0. The number of esters is 1. The number of rotatable bonds is 5. The van der Waals surface area contributed by atoms with Crippen molar-refractivity contribution >= 4 is 11.8 Å². The van der Waals surface area contributed by atoms with E-state index in [1.165, 1.54) is 7.11 Å². The molecule has 116 valence electrons. The Morgan fingerprint density at radius 2 is 2.00 bits per heavy atom. The van der Waals surface area contributed by atoms with Crippen LogP contribution in [0.3, 0.4) is 0 Å². The van der Waals surface area contributed by atoms with Crippen LogP contribution >= 0.6 is 0 Å². The van der Waals surface area contributed by atoms with Gasteiger partial charge in [-0.3, -0.25) is 9.59 Å². The van der Waals surface area contributed by atoms with Crippen LogP contribution in [-0.4, -0.2) is 18.9 Å². The lowest BCUT2D eigenvalue weighted by molar-refractivity contribution is -0.152. The van der Waals surface area contributed by atoms with Gasteiger partial charge in [0.25, 0.3) is 0 Å². The topological polar surface area (TPSA) is 43.4 Å². The lowest BCUT2D eigenvalue weighted by Crippen LogP contribution is -2.34. The van der Waals surface area contributed by atoms with Gasteiger partial charge in [0.05, 0.1) is 12.5 Å². The number of ketones is 1. The Morgan fingerprint density at radius 3 is 2.52 bits per heavy atom. The van der Waals surface area contributed by atoms with Crippen LogP contribution in [0.25, 0.3) is 0 Å². The zero-order valence-corrected chi connectivity index (χ0v) is 13.4. The summed E-state index contributed by atoms with van der Waals surface area (Å²) in [6, 6.07) is 0. The highest BCUT2D eigenvalue weighted by Crippen LogP contribution is 2.62. The summed E-state index contributed by atoms with van der Waals surface area (Å²) in [7, 11) is 1.44. The van der Waals surface area contributed by atoms with Gasteiger partial charge in [0, 0.05) is 11.3 Å². The fourth-order valence-electron chi connectivity index (χ4n) is 4.73. The number of allylic oxidation sites excluding steroid dienone is 2. The van der Waals surface area contributed by atoms with E-state index in [2.05, 4.69) is 13.2 Å². The molecule has 2 saturated carbocycles. The van der Waals surface area contributed by atoms with Crippen LogP contribution in [0.5, 0.6) is 0 Å². The monoisotopic (exact) mass is 290 g/mol. The highest BCUT2D eigenvalue weighted by atomic mass is 16.5. The molecule has 0 aromatic carbocycles. The van der Waals surface area contributed by atoms with Gasteiger partial charge in [0.2, 0.25) is 0 Å². The van der Waals surface area contributed by atoms with Crippen molar-refractivity contribution in [3.63, 3.8) is 0 Å². The van der Waals surface area contributed by atoms with Crippen molar-refractivity contribution in [2.75, 3.05) is 7.11 Å². The summed E-state index contributed by atoms with van der Waals surface area (Å²) in [5.74, 6) is 0.650. The van der Waals surface area contributed by atoms with Crippen molar-refractivity contribution in [1.29, 1.82) is 0 Å². The highest BCUT2D eigenvalue weighted by Gasteiger charge is 2.63. The summed E-state index contributed by atoms with van der Waals surface area (Å²) >= 11 is 0. The van der Waals surface area contributed by atoms with Crippen molar-refractivity contribution in [2.45, 2.75) is 39.5 Å². The maximum Gasteiger partial charge on any atom is 0.311 e. The zero-order chi connectivity index (χ0) is 15.8. The molecule has 2 aliphatic carbocycles. The molecule has 0 aromatic heterocycles. The molecule has 0 aromatic rings. The fraction of sp³-hybridized carbons (Fsp3) is 0.667. The molecule has 0 heterocycles. The van der Waals surface area contributed by atoms with Crippen LogP contribution in [-0.2, 0) is 14.3 Å². The van der Waals surface area contributed by atoms with E-state index in [0.29, 0.717) is 18.6 Å². The van der Waals surface area contributed by atoms with Gasteiger partial charge in [-0.05, 0) is 44.4 Å². The number of carbonyl (C=O) groups is 2. The third-order valence-electron chi connectivity index (χ3n) is 5.78. The molecule has 0 aliphatic heterocycles. The van der Waals surface area contributed by atoms with Crippen LogP contribution in [0.4, 0.5) is 0 Å². The number of hydrogen-bond donors (Lipinski definition) is 0. The standard InChI is InChI=1S/C18H26O3/c1-6-8-12-13-10-17(3,16(20)21-5)11-14(13)18(4,9-7-2)15(12)19/h6-7,12-14H,1-2,8-11H2,3-5H3/t12-,13-,14-,17+,18+/m1/s1. The van der Waals surface area contributed by atoms with Gasteiger partial charge in [-0.25, -0.2) is 0 Å². The molecule has 5 atom stereocenters. The highest BCUT2D eigenvalue weighted by molar-refractivity contribution is 5.91. The second-order valence-electron chi connectivity index (χ2n) is 7.14. The zero-order valence-electron chi connectivity index (χ0n) is 13.4. The lowest BCUT2D eigenvalue weighted by Gasteiger charge is -2.30. The molecule has 2 aliphatic rings. The summed E-state index contributed by atoms with van der Waals surface area (Å²) in [5, 5.41) is 0. The third kappa shape index (κ3) is 2.27. The average molecular weight is 290 g/mol. The number of Topliss-reactive ketones (excluding diaryl/α,β-unsaturated/α-hetero) is 1. The van der Waals surface area contributed by atoms with Crippen LogP contribution in [0.15, 0.2) is 25.3 Å². The van der Waals surface area contributed by atoms with E-state index >= 15 is 0 Å². The van der Waals surface area contributed by atoms with E-state index in [0.717, 1.165) is 12.8 Å². The van der Waals surface area contributed by atoms with Gasteiger partial charge >= 0.3 is 5.97 Å². The minimum atomic E-state index is -0.466.